The molecular weight excluding hydrogens is 452 g/mol. The topological polar surface area (TPSA) is 104 Å². The number of carbonyl (C=O) groups is 1. The van der Waals surface area contributed by atoms with Crippen molar-refractivity contribution in [2.24, 2.45) is 0 Å². The van der Waals surface area contributed by atoms with Crippen molar-refractivity contribution in [3.05, 3.63) is 52.7 Å². The van der Waals surface area contributed by atoms with Crippen molar-refractivity contribution in [1.82, 2.24) is 34.6 Å². The number of anilines is 1. The lowest BCUT2D eigenvalue weighted by atomic mass is 10.0. The second-order valence-electron chi connectivity index (χ2n) is 9.72. The van der Waals surface area contributed by atoms with Gasteiger partial charge in [-0.05, 0) is 39.8 Å². The van der Waals surface area contributed by atoms with E-state index < -0.39 is 0 Å². The Morgan fingerprint density at radius 2 is 1.69 bits per heavy atom. The second kappa shape index (κ2) is 10.2. The summed E-state index contributed by atoms with van der Waals surface area (Å²) in [6, 6.07) is 2.36. The number of aryl methyl sites for hydroxylation is 2. The summed E-state index contributed by atoms with van der Waals surface area (Å²) in [7, 11) is 2.18. The number of aromatic nitrogens is 4. The molecule has 0 unspecified atom stereocenters. The van der Waals surface area contributed by atoms with E-state index in [4.69, 9.17) is 5.73 Å². The van der Waals surface area contributed by atoms with Crippen LogP contribution in [0.15, 0.2) is 24.7 Å². The van der Waals surface area contributed by atoms with Gasteiger partial charge in [-0.15, -0.1) is 0 Å². The Labute approximate surface area is 211 Å². The van der Waals surface area contributed by atoms with Gasteiger partial charge in [0.2, 0.25) is 0 Å². The monoisotopic (exact) mass is 484 g/mol. The molecule has 0 aromatic carbocycles. The number of likely N-dealkylation sites (N-methyl/N-ethyl adjacent to an activating group) is 1. The van der Waals surface area contributed by atoms with Crippen LogP contribution < -0.4 is 5.73 Å². The number of hydrogen-bond acceptors (Lipinski definition) is 8. The largest absolute Gasteiger partial charge is 0.383 e. The van der Waals surface area contributed by atoms with Crippen LogP contribution >= 0.6 is 0 Å². The summed E-state index contributed by atoms with van der Waals surface area (Å²) in [5.41, 5.74) is 10.8. The predicted molar refractivity (Wildman–Crippen MR) is 139 cm³/mol. The van der Waals surface area contributed by atoms with E-state index in [0.717, 1.165) is 63.5 Å². The van der Waals surface area contributed by atoms with Gasteiger partial charge in [0.1, 0.15) is 16.9 Å². The molecule has 2 fully saturated rings. The lowest BCUT2D eigenvalue weighted by Crippen LogP contribution is -2.52. The van der Waals surface area contributed by atoms with Crippen molar-refractivity contribution in [3.8, 4) is 11.8 Å². The van der Waals surface area contributed by atoms with Crippen molar-refractivity contribution in [1.29, 1.82) is 0 Å². The maximum atomic E-state index is 13.2. The van der Waals surface area contributed by atoms with E-state index in [2.05, 4.69) is 48.6 Å². The standard InChI is InChI=1S/C27H32N8O/c1-18-19(2)32-25-23(26(28)30-17-24(25)31-18)5-4-20-14-21(16-29-15-20)27(36)35-8-6-22(7-9-35)34-12-10-33(3)11-13-34/h14-17,22H,6-13H2,1-3H3,(H2,28,30). The number of nitrogens with two attached hydrogens (primary N) is 1. The zero-order valence-corrected chi connectivity index (χ0v) is 21.2. The van der Waals surface area contributed by atoms with Crippen LogP contribution in [0.3, 0.4) is 0 Å². The number of rotatable bonds is 2. The highest BCUT2D eigenvalue weighted by molar-refractivity contribution is 5.94. The quantitative estimate of drug-likeness (QED) is 0.550. The number of hydrogen-bond donors (Lipinski definition) is 1. The Bertz CT molecular complexity index is 1350. The summed E-state index contributed by atoms with van der Waals surface area (Å²) in [4.78, 5) is 37.8. The molecule has 186 valence electrons. The summed E-state index contributed by atoms with van der Waals surface area (Å²) in [5.74, 6) is 6.50. The Balaban J connectivity index is 1.30. The molecule has 9 heteroatoms. The third-order valence-electron chi connectivity index (χ3n) is 7.28. The second-order valence-corrected chi connectivity index (χ2v) is 9.72. The fraction of sp³-hybridized carbons (Fsp3) is 0.444. The number of nitrogens with zero attached hydrogens (tertiary/aromatic N) is 7. The molecule has 0 atom stereocenters. The maximum Gasteiger partial charge on any atom is 0.255 e. The number of likely N-dealkylation sites (tertiary alicyclic amines) is 1. The SMILES string of the molecule is Cc1nc2cnc(N)c(C#Cc3cncc(C(=O)N4CCC(N5CCN(C)CC5)CC4)c3)c2nc1C. The highest BCUT2D eigenvalue weighted by Crippen LogP contribution is 2.21. The average molecular weight is 485 g/mol. The number of carbonyl (C=O) groups excluding carboxylic acids is 1. The third kappa shape index (κ3) is 5.01. The first-order chi connectivity index (χ1) is 17.4. The Morgan fingerprint density at radius 1 is 0.972 bits per heavy atom. The van der Waals surface area contributed by atoms with Gasteiger partial charge in [0.15, 0.2) is 0 Å². The molecule has 0 spiro atoms. The van der Waals surface area contributed by atoms with Crippen molar-refractivity contribution < 1.29 is 4.79 Å². The molecule has 36 heavy (non-hydrogen) atoms. The fourth-order valence-electron chi connectivity index (χ4n) is 4.90. The van der Waals surface area contributed by atoms with E-state index >= 15 is 0 Å². The lowest BCUT2D eigenvalue weighted by Gasteiger charge is -2.42. The average Bonchev–Trinajstić information content (AvgIpc) is 2.89. The smallest absolute Gasteiger partial charge is 0.255 e. The number of nitrogen functional groups attached to an aromatic ring is 1. The van der Waals surface area contributed by atoms with Crippen LogP contribution in [0.2, 0.25) is 0 Å². The molecule has 2 saturated heterocycles. The third-order valence-corrected chi connectivity index (χ3v) is 7.28. The molecule has 3 aromatic heterocycles. The Hall–Kier alpha value is -3.61. The minimum atomic E-state index is 0.00582. The normalized spacial score (nSPS) is 17.7. The molecule has 1 amide bonds. The van der Waals surface area contributed by atoms with E-state index in [1.165, 1.54) is 0 Å². The molecule has 9 nitrogen and oxygen atoms in total. The Kier molecular flexibility index (Phi) is 6.81. The first kappa shape index (κ1) is 24.1. The fourth-order valence-corrected chi connectivity index (χ4v) is 4.90. The van der Waals surface area contributed by atoms with Gasteiger partial charge in [0.25, 0.3) is 5.91 Å². The van der Waals surface area contributed by atoms with Crippen LogP contribution in [0.5, 0.6) is 0 Å². The van der Waals surface area contributed by atoms with Gasteiger partial charge >= 0.3 is 0 Å². The molecule has 5 heterocycles. The summed E-state index contributed by atoms with van der Waals surface area (Å²) in [6.45, 7) is 9.80. The Morgan fingerprint density at radius 3 is 2.44 bits per heavy atom. The van der Waals surface area contributed by atoms with Crippen LogP contribution in [0.1, 0.15) is 45.7 Å². The number of fused-ring (bicyclic) bond motifs is 1. The van der Waals surface area contributed by atoms with Crippen LogP contribution in [-0.2, 0) is 0 Å². The summed E-state index contributed by atoms with van der Waals surface area (Å²) in [5, 5.41) is 0. The molecule has 0 aliphatic carbocycles. The van der Waals surface area contributed by atoms with Crippen molar-refractivity contribution in [3.63, 3.8) is 0 Å². The van der Waals surface area contributed by atoms with Gasteiger partial charge in [-0.25, -0.2) is 15.0 Å². The predicted octanol–water partition coefficient (Wildman–Crippen LogP) is 1.87. The number of piperazine rings is 1. The van der Waals surface area contributed by atoms with Gasteiger partial charge in [0, 0.05) is 63.3 Å². The molecule has 0 radical (unpaired) electrons. The molecule has 0 bridgehead atoms. The maximum absolute atomic E-state index is 13.2. The minimum absolute atomic E-state index is 0.00582. The van der Waals surface area contributed by atoms with Crippen molar-refractivity contribution >= 4 is 22.8 Å². The van der Waals surface area contributed by atoms with Gasteiger partial charge in [0.05, 0.1) is 28.7 Å². The van der Waals surface area contributed by atoms with E-state index in [1.807, 2.05) is 18.7 Å². The van der Waals surface area contributed by atoms with Gasteiger partial charge in [-0.3, -0.25) is 14.7 Å². The van der Waals surface area contributed by atoms with E-state index in [-0.39, 0.29) is 5.91 Å². The lowest BCUT2D eigenvalue weighted by molar-refractivity contribution is 0.0518. The summed E-state index contributed by atoms with van der Waals surface area (Å²) >= 11 is 0. The first-order valence-electron chi connectivity index (χ1n) is 12.5. The van der Waals surface area contributed by atoms with Crippen LogP contribution in [-0.4, -0.2) is 92.9 Å². The van der Waals surface area contributed by atoms with Crippen molar-refractivity contribution in [2.75, 3.05) is 52.0 Å². The first-order valence-corrected chi connectivity index (χ1v) is 12.5. The van der Waals surface area contributed by atoms with E-state index in [9.17, 15) is 4.79 Å². The highest BCUT2D eigenvalue weighted by atomic mass is 16.2. The van der Waals surface area contributed by atoms with E-state index in [1.54, 1.807) is 24.7 Å². The number of pyridine rings is 2. The zero-order valence-electron chi connectivity index (χ0n) is 21.2. The molecule has 2 aliphatic heterocycles. The molecule has 3 aromatic rings. The van der Waals surface area contributed by atoms with Crippen LogP contribution in [0, 0.1) is 25.7 Å². The summed E-state index contributed by atoms with van der Waals surface area (Å²) < 4.78 is 0. The van der Waals surface area contributed by atoms with Gasteiger partial charge in [-0.1, -0.05) is 11.8 Å². The molecule has 0 saturated carbocycles. The van der Waals surface area contributed by atoms with Crippen molar-refractivity contribution in [2.45, 2.75) is 32.7 Å². The van der Waals surface area contributed by atoms with Gasteiger partial charge in [-0.2, -0.15) is 0 Å². The van der Waals surface area contributed by atoms with Crippen LogP contribution in [0.25, 0.3) is 11.0 Å². The van der Waals surface area contributed by atoms with Gasteiger partial charge < -0.3 is 15.5 Å². The molecule has 5 rings (SSSR count). The van der Waals surface area contributed by atoms with E-state index in [0.29, 0.717) is 39.6 Å². The highest BCUT2D eigenvalue weighted by Gasteiger charge is 2.29. The van der Waals surface area contributed by atoms with Crippen LogP contribution in [0.4, 0.5) is 5.82 Å². The molecule has 2 aliphatic rings. The molecule has 2 N–H and O–H groups in total. The molecular formula is C27H32N8O. The zero-order chi connectivity index (χ0) is 25.2. The number of amides is 1. The minimum Gasteiger partial charge on any atom is -0.383 e. The summed E-state index contributed by atoms with van der Waals surface area (Å²) in [6.07, 6.45) is 6.90. The number of piperidine rings is 1.